The van der Waals surface area contributed by atoms with Crippen molar-refractivity contribution < 1.29 is 13.2 Å². The summed E-state index contributed by atoms with van der Waals surface area (Å²) in [5.74, 6) is -0.243. The lowest BCUT2D eigenvalue weighted by molar-refractivity contribution is -0.114. The van der Waals surface area contributed by atoms with Crippen LogP contribution in [0.15, 0.2) is 24.3 Å². The fourth-order valence-electron chi connectivity index (χ4n) is 2.00. The smallest absolute Gasteiger partial charge is 0.301 e. The van der Waals surface area contributed by atoms with Gasteiger partial charge < -0.3 is 5.32 Å². The van der Waals surface area contributed by atoms with Gasteiger partial charge in [0.25, 0.3) is 0 Å². The predicted octanol–water partition coefficient (Wildman–Crippen LogP) is 1.40. The average molecular weight is 283 g/mol. The van der Waals surface area contributed by atoms with E-state index in [1.54, 1.807) is 24.3 Å². The van der Waals surface area contributed by atoms with Crippen LogP contribution in [0.5, 0.6) is 0 Å². The number of hydrogen-bond acceptors (Lipinski definition) is 3. The Labute approximate surface area is 113 Å². The van der Waals surface area contributed by atoms with Gasteiger partial charge in [0.1, 0.15) is 0 Å². The molecule has 104 valence electrons. The first kappa shape index (κ1) is 13.8. The molecule has 1 aromatic rings. The average Bonchev–Trinajstić information content (AvgIpc) is 2.85. The summed E-state index contributed by atoms with van der Waals surface area (Å²) in [4.78, 5) is 11.1. The van der Waals surface area contributed by atoms with Gasteiger partial charge in [0.15, 0.2) is 0 Å². The second-order valence-electron chi connectivity index (χ2n) is 4.44. The van der Waals surface area contributed by atoms with Gasteiger partial charge in [0.05, 0.1) is 11.4 Å². The zero-order chi connectivity index (χ0) is 13.9. The van der Waals surface area contributed by atoms with E-state index in [2.05, 4.69) is 10.0 Å². The molecule has 0 atom stereocenters. The molecule has 19 heavy (non-hydrogen) atoms. The third-order valence-corrected chi connectivity index (χ3v) is 4.40. The van der Waals surface area contributed by atoms with Crippen LogP contribution in [0.3, 0.4) is 0 Å². The van der Waals surface area contributed by atoms with Crippen LogP contribution in [-0.4, -0.2) is 31.7 Å². The minimum absolute atomic E-state index is 0.243. The van der Waals surface area contributed by atoms with Gasteiger partial charge in [-0.2, -0.15) is 12.7 Å². The van der Waals surface area contributed by atoms with Crippen molar-refractivity contribution in [2.45, 2.75) is 19.8 Å². The third-order valence-electron chi connectivity index (χ3n) is 2.88. The fourth-order valence-corrected chi connectivity index (χ4v) is 3.33. The van der Waals surface area contributed by atoms with Gasteiger partial charge in [-0.05, 0) is 25.0 Å². The minimum atomic E-state index is -3.54. The molecule has 1 aliphatic heterocycles. The fraction of sp³-hybridized carbons (Fsp3) is 0.417. The number of rotatable bonds is 4. The molecule has 1 heterocycles. The van der Waals surface area contributed by atoms with Crippen molar-refractivity contribution in [3.05, 3.63) is 24.3 Å². The van der Waals surface area contributed by atoms with E-state index in [0.29, 0.717) is 24.5 Å². The number of nitrogens with one attached hydrogen (secondary N) is 2. The van der Waals surface area contributed by atoms with Crippen molar-refractivity contribution in [2.75, 3.05) is 23.1 Å². The van der Waals surface area contributed by atoms with Crippen molar-refractivity contribution in [1.29, 1.82) is 0 Å². The lowest BCUT2D eigenvalue weighted by atomic mass is 10.3. The van der Waals surface area contributed by atoms with E-state index < -0.39 is 10.2 Å². The maximum absolute atomic E-state index is 12.1. The van der Waals surface area contributed by atoms with E-state index in [0.717, 1.165) is 12.8 Å². The van der Waals surface area contributed by atoms with E-state index in [1.807, 2.05) is 0 Å². The molecule has 1 saturated heterocycles. The van der Waals surface area contributed by atoms with Gasteiger partial charge in [-0.15, -0.1) is 0 Å². The summed E-state index contributed by atoms with van der Waals surface area (Å²) in [5, 5.41) is 2.60. The molecular weight excluding hydrogens is 266 g/mol. The van der Waals surface area contributed by atoms with E-state index in [-0.39, 0.29) is 5.91 Å². The number of nitrogens with zero attached hydrogens (tertiary/aromatic N) is 1. The first-order valence-electron chi connectivity index (χ1n) is 6.13. The van der Waals surface area contributed by atoms with E-state index in [9.17, 15) is 13.2 Å². The molecule has 0 spiro atoms. The number of anilines is 2. The molecule has 6 nitrogen and oxygen atoms in total. The molecule has 2 rings (SSSR count). The summed E-state index contributed by atoms with van der Waals surface area (Å²) in [6.07, 6.45) is 1.77. The van der Waals surface area contributed by atoms with Crippen LogP contribution in [0.25, 0.3) is 0 Å². The van der Waals surface area contributed by atoms with Gasteiger partial charge in [0, 0.05) is 20.0 Å². The quantitative estimate of drug-likeness (QED) is 0.876. The van der Waals surface area contributed by atoms with Crippen molar-refractivity contribution >= 4 is 27.5 Å². The highest BCUT2D eigenvalue weighted by molar-refractivity contribution is 7.90. The van der Waals surface area contributed by atoms with Gasteiger partial charge in [-0.3, -0.25) is 9.52 Å². The van der Waals surface area contributed by atoms with E-state index in [4.69, 9.17) is 0 Å². The molecule has 0 bridgehead atoms. The van der Waals surface area contributed by atoms with Crippen LogP contribution in [0.4, 0.5) is 11.4 Å². The van der Waals surface area contributed by atoms with Gasteiger partial charge in [0.2, 0.25) is 5.91 Å². The molecule has 2 N–H and O–H groups in total. The number of benzene rings is 1. The highest BCUT2D eigenvalue weighted by Gasteiger charge is 2.25. The molecule has 1 fully saturated rings. The number of hydrogen-bond donors (Lipinski definition) is 2. The number of carbonyl (C=O) groups excluding carboxylic acids is 1. The summed E-state index contributed by atoms with van der Waals surface area (Å²) in [6, 6.07) is 6.73. The Balaban J connectivity index is 2.20. The molecule has 1 amide bonds. The Morgan fingerprint density at radius 2 is 1.74 bits per heavy atom. The Morgan fingerprint density at radius 3 is 2.32 bits per heavy atom. The lowest BCUT2D eigenvalue weighted by Crippen LogP contribution is -2.33. The Morgan fingerprint density at radius 1 is 1.16 bits per heavy atom. The summed E-state index contributed by atoms with van der Waals surface area (Å²) in [6.45, 7) is 2.46. The maximum atomic E-state index is 12.1. The second kappa shape index (κ2) is 5.58. The summed E-state index contributed by atoms with van der Waals surface area (Å²) in [5.41, 5.74) is 0.836. The number of para-hydroxylation sites is 2. The zero-order valence-electron chi connectivity index (χ0n) is 10.7. The summed E-state index contributed by atoms with van der Waals surface area (Å²) in [7, 11) is -3.54. The monoisotopic (exact) mass is 283 g/mol. The van der Waals surface area contributed by atoms with Crippen molar-refractivity contribution in [2.24, 2.45) is 0 Å². The molecular formula is C12H17N3O3S. The van der Waals surface area contributed by atoms with Crippen LogP contribution in [-0.2, 0) is 15.0 Å². The normalized spacial score (nSPS) is 16.3. The Bertz CT molecular complexity index is 565. The summed E-state index contributed by atoms with van der Waals surface area (Å²) < 4.78 is 28.2. The molecule has 0 saturated carbocycles. The summed E-state index contributed by atoms with van der Waals surface area (Å²) >= 11 is 0. The highest BCUT2D eigenvalue weighted by Crippen LogP contribution is 2.24. The molecule has 0 aliphatic carbocycles. The second-order valence-corrected chi connectivity index (χ2v) is 6.11. The number of amides is 1. The Hall–Kier alpha value is -1.60. The molecule has 1 aromatic carbocycles. The topological polar surface area (TPSA) is 78.5 Å². The molecule has 0 radical (unpaired) electrons. The molecule has 7 heteroatoms. The van der Waals surface area contributed by atoms with Gasteiger partial charge in [-0.25, -0.2) is 0 Å². The minimum Gasteiger partial charge on any atom is -0.325 e. The lowest BCUT2D eigenvalue weighted by Gasteiger charge is -2.18. The third kappa shape index (κ3) is 3.45. The first-order chi connectivity index (χ1) is 8.99. The van der Waals surface area contributed by atoms with Crippen LogP contribution >= 0.6 is 0 Å². The van der Waals surface area contributed by atoms with E-state index in [1.165, 1.54) is 11.2 Å². The van der Waals surface area contributed by atoms with Gasteiger partial charge in [-0.1, -0.05) is 12.1 Å². The maximum Gasteiger partial charge on any atom is 0.301 e. The van der Waals surface area contributed by atoms with Crippen LogP contribution in [0.1, 0.15) is 19.8 Å². The molecule has 1 aliphatic rings. The standard InChI is InChI=1S/C12H17N3O3S/c1-10(16)13-11-6-2-3-7-12(11)14-19(17,18)15-8-4-5-9-15/h2-3,6-7,14H,4-5,8-9H2,1H3,(H,13,16). The van der Waals surface area contributed by atoms with Crippen LogP contribution < -0.4 is 10.0 Å². The largest absolute Gasteiger partial charge is 0.325 e. The van der Waals surface area contributed by atoms with Crippen LogP contribution in [0, 0.1) is 0 Å². The molecule has 0 aromatic heterocycles. The Kier molecular flexibility index (Phi) is 4.06. The SMILES string of the molecule is CC(=O)Nc1ccccc1NS(=O)(=O)N1CCCC1. The van der Waals surface area contributed by atoms with Crippen molar-refractivity contribution in [3.63, 3.8) is 0 Å². The van der Waals surface area contributed by atoms with Crippen molar-refractivity contribution in [3.8, 4) is 0 Å². The first-order valence-corrected chi connectivity index (χ1v) is 7.57. The predicted molar refractivity (Wildman–Crippen MR) is 74.1 cm³/mol. The van der Waals surface area contributed by atoms with E-state index >= 15 is 0 Å². The van der Waals surface area contributed by atoms with Crippen LogP contribution in [0.2, 0.25) is 0 Å². The number of carbonyl (C=O) groups is 1. The zero-order valence-corrected chi connectivity index (χ0v) is 11.5. The van der Waals surface area contributed by atoms with Crippen molar-refractivity contribution in [1.82, 2.24) is 4.31 Å². The molecule has 0 unspecified atom stereocenters. The highest BCUT2D eigenvalue weighted by atomic mass is 32.2. The van der Waals surface area contributed by atoms with Gasteiger partial charge >= 0.3 is 10.2 Å².